The predicted molar refractivity (Wildman–Crippen MR) is 37.3 cm³/mol. The lowest BCUT2D eigenvalue weighted by molar-refractivity contribution is 0.248. The van der Waals surface area contributed by atoms with Crippen LogP contribution in [0.25, 0.3) is 0 Å². The maximum absolute atomic E-state index is 7.81. The van der Waals surface area contributed by atoms with Crippen molar-refractivity contribution in [1.29, 1.82) is 10.7 Å². The van der Waals surface area contributed by atoms with Crippen LogP contribution in [0.15, 0.2) is 0 Å². The second-order valence-corrected chi connectivity index (χ2v) is 2.27. The lowest BCUT2D eigenvalue weighted by Gasteiger charge is -2.03. The SMILES string of the molecule is N#COC(=N)OC(S)S. The van der Waals surface area contributed by atoms with Crippen LogP contribution in [0.2, 0.25) is 0 Å². The van der Waals surface area contributed by atoms with Crippen LogP contribution < -0.4 is 0 Å². The number of ether oxygens (including phenoxy) is 2. The van der Waals surface area contributed by atoms with E-state index < -0.39 is 10.9 Å². The number of nitriles is 1. The normalized spacial score (nSPS) is 8.22. The van der Waals surface area contributed by atoms with E-state index in [0.29, 0.717) is 0 Å². The summed E-state index contributed by atoms with van der Waals surface area (Å²) in [6, 6.07) is 0. The molecule has 1 N–H and O–H groups in total. The fraction of sp³-hybridized carbons (Fsp3) is 0.333. The number of hydrogen-bond donors (Lipinski definition) is 3. The van der Waals surface area contributed by atoms with E-state index in [1.54, 1.807) is 0 Å². The molecule has 0 radical (unpaired) electrons. The molecule has 0 rings (SSSR count). The smallest absolute Gasteiger partial charge is 0.398 e. The molecule has 0 amide bonds. The van der Waals surface area contributed by atoms with Gasteiger partial charge in [0.1, 0.15) is 0 Å². The van der Waals surface area contributed by atoms with Gasteiger partial charge in [0.25, 0.3) is 6.26 Å². The molecule has 0 saturated heterocycles. The fourth-order valence-electron chi connectivity index (χ4n) is 0.161. The van der Waals surface area contributed by atoms with Gasteiger partial charge in [-0.1, -0.05) is 0 Å². The molecule has 0 spiro atoms. The minimum absolute atomic E-state index is 0.604. The highest BCUT2D eigenvalue weighted by atomic mass is 32.2. The molecule has 0 heterocycles. The lowest BCUT2D eigenvalue weighted by Crippen LogP contribution is -2.07. The van der Waals surface area contributed by atoms with Gasteiger partial charge in [0.15, 0.2) is 4.77 Å². The average Bonchev–Trinajstić information content (AvgIpc) is 1.63. The third-order valence-electron chi connectivity index (χ3n) is 0.351. The molecule has 9 heavy (non-hydrogen) atoms. The Bertz CT molecular complexity index is 141. The van der Waals surface area contributed by atoms with E-state index in [1.165, 1.54) is 6.26 Å². The summed E-state index contributed by atoms with van der Waals surface area (Å²) in [5.74, 6) is 0. The molecule has 0 aliphatic heterocycles. The Kier molecular flexibility index (Phi) is 4.09. The molecule has 50 valence electrons. The highest BCUT2D eigenvalue weighted by Crippen LogP contribution is 2.01. The van der Waals surface area contributed by atoms with Crippen molar-refractivity contribution in [2.45, 2.75) is 4.77 Å². The quantitative estimate of drug-likeness (QED) is 0.174. The number of rotatable bonds is 1. The molecule has 0 aromatic rings. The summed E-state index contributed by atoms with van der Waals surface area (Å²) >= 11 is 7.28. The molecular formula is C3H4N2O2S2. The van der Waals surface area contributed by atoms with Crippen molar-refractivity contribution in [2.24, 2.45) is 0 Å². The minimum Gasteiger partial charge on any atom is -0.426 e. The first-order valence-corrected chi connectivity index (χ1v) is 2.87. The topological polar surface area (TPSA) is 66.1 Å². The van der Waals surface area contributed by atoms with Gasteiger partial charge in [-0.15, -0.1) is 30.5 Å². The monoisotopic (exact) mass is 164 g/mol. The van der Waals surface area contributed by atoms with Gasteiger partial charge in [-0.05, 0) is 0 Å². The molecule has 0 bridgehead atoms. The maximum atomic E-state index is 7.81. The van der Waals surface area contributed by atoms with Gasteiger partial charge in [0.05, 0.1) is 0 Å². The van der Waals surface area contributed by atoms with Gasteiger partial charge >= 0.3 is 6.08 Å². The van der Waals surface area contributed by atoms with E-state index in [4.69, 9.17) is 10.7 Å². The van der Waals surface area contributed by atoms with Gasteiger partial charge in [-0.3, -0.25) is 0 Å². The van der Waals surface area contributed by atoms with Crippen molar-refractivity contribution in [3.63, 3.8) is 0 Å². The van der Waals surface area contributed by atoms with E-state index in [2.05, 4.69) is 34.7 Å². The summed E-state index contributed by atoms with van der Waals surface area (Å²) < 4.78 is 7.55. The summed E-state index contributed by atoms with van der Waals surface area (Å²) in [5.41, 5.74) is 0. The highest BCUT2D eigenvalue weighted by molar-refractivity contribution is 7.98. The molecule has 0 aliphatic carbocycles. The molecule has 0 saturated carbocycles. The van der Waals surface area contributed by atoms with Crippen LogP contribution in [0.3, 0.4) is 0 Å². The molecular weight excluding hydrogens is 160 g/mol. The van der Waals surface area contributed by atoms with Crippen LogP contribution in [0.4, 0.5) is 0 Å². The Morgan fingerprint density at radius 3 is 2.56 bits per heavy atom. The standard InChI is InChI=1S/C3H4N2O2S2/c4-1-6-2(5)7-3(8)9/h3,5,8-9H. The summed E-state index contributed by atoms with van der Waals surface area (Å²) in [6.45, 7) is 0. The van der Waals surface area contributed by atoms with Crippen LogP contribution in [0.1, 0.15) is 0 Å². The van der Waals surface area contributed by atoms with Crippen LogP contribution in [0, 0.1) is 16.9 Å². The molecule has 4 nitrogen and oxygen atoms in total. The third-order valence-corrected chi connectivity index (χ3v) is 0.562. The summed E-state index contributed by atoms with van der Waals surface area (Å²) in [5, 5.41) is 14.5. The second-order valence-electron chi connectivity index (χ2n) is 0.925. The van der Waals surface area contributed by atoms with Crippen molar-refractivity contribution in [1.82, 2.24) is 0 Å². The van der Waals surface area contributed by atoms with Gasteiger partial charge < -0.3 is 9.47 Å². The summed E-state index contributed by atoms with van der Waals surface area (Å²) in [6.07, 6.45) is 0.651. The Hall–Kier alpha value is -0.540. The average molecular weight is 164 g/mol. The van der Waals surface area contributed by atoms with Crippen LogP contribution >= 0.6 is 25.3 Å². The first-order valence-electron chi connectivity index (χ1n) is 1.84. The number of nitrogens with one attached hydrogen (secondary N) is 1. The van der Waals surface area contributed by atoms with Crippen molar-refractivity contribution in [3.05, 3.63) is 0 Å². The fourth-order valence-corrected chi connectivity index (χ4v) is 0.353. The summed E-state index contributed by atoms with van der Waals surface area (Å²) in [4.78, 5) is 0. The molecule has 0 fully saturated rings. The predicted octanol–water partition coefficient (Wildman–Crippen LogP) is 0.579. The van der Waals surface area contributed by atoms with Gasteiger partial charge in [-0.25, -0.2) is 5.41 Å². The van der Waals surface area contributed by atoms with E-state index >= 15 is 0 Å². The highest BCUT2D eigenvalue weighted by Gasteiger charge is 2.00. The number of nitrogens with zero attached hydrogens (tertiary/aromatic N) is 1. The Morgan fingerprint density at radius 2 is 2.22 bits per heavy atom. The third kappa shape index (κ3) is 5.33. The Balaban J connectivity index is 3.42. The van der Waals surface area contributed by atoms with Gasteiger partial charge in [-0.2, -0.15) is 0 Å². The Morgan fingerprint density at radius 1 is 1.67 bits per heavy atom. The first-order chi connectivity index (χ1) is 4.16. The second kappa shape index (κ2) is 4.35. The molecule has 6 heteroatoms. The zero-order valence-electron chi connectivity index (χ0n) is 4.24. The Labute approximate surface area is 63.1 Å². The largest absolute Gasteiger partial charge is 0.426 e. The molecule has 0 aliphatic rings. The molecule has 0 unspecified atom stereocenters. The maximum Gasteiger partial charge on any atom is 0.398 e. The molecule has 0 aromatic heterocycles. The zero-order chi connectivity index (χ0) is 7.28. The van der Waals surface area contributed by atoms with E-state index in [1.807, 2.05) is 0 Å². The van der Waals surface area contributed by atoms with Crippen molar-refractivity contribution in [2.75, 3.05) is 0 Å². The van der Waals surface area contributed by atoms with E-state index in [9.17, 15) is 0 Å². The number of thiol groups is 2. The van der Waals surface area contributed by atoms with Gasteiger partial charge in [0, 0.05) is 0 Å². The van der Waals surface area contributed by atoms with Crippen molar-refractivity contribution in [3.8, 4) is 6.26 Å². The van der Waals surface area contributed by atoms with Crippen LogP contribution in [-0.4, -0.2) is 10.9 Å². The van der Waals surface area contributed by atoms with E-state index in [-0.39, 0.29) is 0 Å². The summed E-state index contributed by atoms with van der Waals surface area (Å²) in [7, 11) is 0. The number of hydrogen-bond acceptors (Lipinski definition) is 6. The van der Waals surface area contributed by atoms with Crippen molar-refractivity contribution >= 4 is 31.3 Å². The van der Waals surface area contributed by atoms with Crippen LogP contribution in [-0.2, 0) is 9.47 Å². The van der Waals surface area contributed by atoms with E-state index in [0.717, 1.165) is 0 Å². The first kappa shape index (κ1) is 8.46. The minimum atomic E-state index is -0.731. The van der Waals surface area contributed by atoms with Crippen molar-refractivity contribution < 1.29 is 9.47 Å². The zero-order valence-corrected chi connectivity index (χ0v) is 6.02. The van der Waals surface area contributed by atoms with Crippen LogP contribution in [0.5, 0.6) is 0 Å². The molecule has 0 aromatic carbocycles. The van der Waals surface area contributed by atoms with Gasteiger partial charge in [0.2, 0.25) is 0 Å². The lowest BCUT2D eigenvalue weighted by atomic mass is 11.2. The molecule has 0 atom stereocenters.